The van der Waals surface area contributed by atoms with Crippen molar-refractivity contribution in [2.45, 2.75) is 26.5 Å². The standard InChI is InChI=1S/C26H29BrN2O4/c1-3-32-24-14-19(15-28-16-23(30)20-7-5-4-6-8-20)13-22(27)26(24)33-17-25(31)29-21-11-9-18(2)10-12-21/h4-14,23,28,30H,3,15-17H2,1-2H3,(H,29,31)/t23-/m0/s1. The van der Waals surface area contributed by atoms with E-state index in [0.29, 0.717) is 35.7 Å². The lowest BCUT2D eigenvalue weighted by Gasteiger charge is -2.16. The van der Waals surface area contributed by atoms with Crippen LogP contribution in [0.1, 0.15) is 29.7 Å². The highest BCUT2D eigenvalue weighted by Crippen LogP contribution is 2.37. The Kier molecular flexibility index (Phi) is 9.30. The SMILES string of the molecule is CCOc1cc(CNC[C@H](O)c2ccccc2)cc(Br)c1OCC(=O)Nc1ccc(C)cc1. The van der Waals surface area contributed by atoms with Crippen LogP contribution in [0.25, 0.3) is 0 Å². The van der Waals surface area contributed by atoms with Gasteiger partial charge in [-0.3, -0.25) is 4.79 Å². The summed E-state index contributed by atoms with van der Waals surface area (Å²) in [4.78, 5) is 12.3. The molecule has 6 nitrogen and oxygen atoms in total. The Morgan fingerprint density at radius 3 is 2.48 bits per heavy atom. The molecule has 3 aromatic rings. The van der Waals surface area contributed by atoms with Gasteiger partial charge in [-0.25, -0.2) is 0 Å². The number of hydrogen-bond donors (Lipinski definition) is 3. The van der Waals surface area contributed by atoms with Crippen molar-refractivity contribution in [3.05, 3.63) is 87.9 Å². The van der Waals surface area contributed by atoms with Crippen LogP contribution in [0.2, 0.25) is 0 Å². The summed E-state index contributed by atoms with van der Waals surface area (Å²) in [6, 6.07) is 20.9. The number of aryl methyl sites for hydroxylation is 1. The quantitative estimate of drug-likeness (QED) is 0.337. The summed E-state index contributed by atoms with van der Waals surface area (Å²) in [7, 11) is 0. The van der Waals surface area contributed by atoms with Crippen LogP contribution < -0.4 is 20.1 Å². The molecular weight excluding hydrogens is 484 g/mol. The second-order valence-electron chi connectivity index (χ2n) is 7.60. The fourth-order valence-electron chi connectivity index (χ4n) is 3.24. The molecule has 0 aliphatic carbocycles. The maximum Gasteiger partial charge on any atom is 0.262 e. The van der Waals surface area contributed by atoms with Gasteiger partial charge in [0.1, 0.15) is 0 Å². The van der Waals surface area contributed by atoms with Gasteiger partial charge in [0.15, 0.2) is 18.1 Å². The molecule has 33 heavy (non-hydrogen) atoms. The zero-order valence-electron chi connectivity index (χ0n) is 18.8. The number of aliphatic hydroxyl groups excluding tert-OH is 1. The number of nitrogens with one attached hydrogen (secondary N) is 2. The fraction of sp³-hybridized carbons (Fsp3) is 0.269. The van der Waals surface area contributed by atoms with Gasteiger partial charge >= 0.3 is 0 Å². The van der Waals surface area contributed by atoms with Crippen molar-refractivity contribution in [1.29, 1.82) is 0 Å². The Morgan fingerprint density at radius 2 is 1.79 bits per heavy atom. The van der Waals surface area contributed by atoms with Crippen molar-refractivity contribution in [2.24, 2.45) is 0 Å². The molecule has 0 aromatic heterocycles. The average Bonchev–Trinajstić information content (AvgIpc) is 2.81. The van der Waals surface area contributed by atoms with Crippen LogP contribution in [0.5, 0.6) is 11.5 Å². The molecule has 0 spiro atoms. The van der Waals surface area contributed by atoms with Gasteiger partial charge in [-0.2, -0.15) is 0 Å². The molecule has 0 fully saturated rings. The maximum atomic E-state index is 12.3. The van der Waals surface area contributed by atoms with E-state index in [9.17, 15) is 9.90 Å². The Balaban J connectivity index is 1.59. The van der Waals surface area contributed by atoms with Crippen LogP contribution >= 0.6 is 15.9 Å². The van der Waals surface area contributed by atoms with Gasteiger partial charge in [0.05, 0.1) is 17.2 Å². The number of ether oxygens (including phenoxy) is 2. The molecule has 0 unspecified atom stereocenters. The number of carbonyl (C=O) groups excluding carboxylic acids is 1. The Morgan fingerprint density at radius 1 is 1.06 bits per heavy atom. The molecule has 3 aromatic carbocycles. The van der Waals surface area contributed by atoms with E-state index in [-0.39, 0.29) is 12.5 Å². The van der Waals surface area contributed by atoms with E-state index in [1.165, 1.54) is 0 Å². The third-order valence-electron chi connectivity index (χ3n) is 4.90. The topological polar surface area (TPSA) is 79.8 Å². The van der Waals surface area contributed by atoms with Crippen LogP contribution in [0.15, 0.2) is 71.2 Å². The van der Waals surface area contributed by atoms with E-state index in [0.717, 1.165) is 22.4 Å². The second kappa shape index (κ2) is 12.4. The average molecular weight is 513 g/mol. The van der Waals surface area contributed by atoms with E-state index in [2.05, 4.69) is 26.6 Å². The van der Waals surface area contributed by atoms with Crippen molar-refractivity contribution < 1.29 is 19.4 Å². The zero-order chi connectivity index (χ0) is 23.6. The van der Waals surface area contributed by atoms with Crippen molar-refractivity contribution in [1.82, 2.24) is 5.32 Å². The summed E-state index contributed by atoms with van der Waals surface area (Å²) < 4.78 is 12.2. The number of amides is 1. The Labute approximate surface area is 203 Å². The Bertz CT molecular complexity index is 1040. The summed E-state index contributed by atoms with van der Waals surface area (Å²) in [6.07, 6.45) is -0.587. The van der Waals surface area contributed by atoms with Crippen molar-refractivity contribution in [3.8, 4) is 11.5 Å². The highest BCUT2D eigenvalue weighted by molar-refractivity contribution is 9.10. The zero-order valence-corrected chi connectivity index (χ0v) is 20.4. The molecule has 0 aliphatic heterocycles. The monoisotopic (exact) mass is 512 g/mol. The highest BCUT2D eigenvalue weighted by atomic mass is 79.9. The molecule has 174 valence electrons. The second-order valence-corrected chi connectivity index (χ2v) is 8.45. The first kappa shape index (κ1) is 24.8. The van der Waals surface area contributed by atoms with Gasteiger partial charge in [0, 0.05) is 18.8 Å². The fourth-order valence-corrected chi connectivity index (χ4v) is 3.85. The van der Waals surface area contributed by atoms with E-state index in [4.69, 9.17) is 9.47 Å². The molecule has 7 heteroatoms. The van der Waals surface area contributed by atoms with E-state index >= 15 is 0 Å². The molecule has 0 heterocycles. The lowest BCUT2D eigenvalue weighted by Crippen LogP contribution is -2.21. The lowest BCUT2D eigenvalue weighted by molar-refractivity contribution is -0.118. The molecule has 3 N–H and O–H groups in total. The smallest absolute Gasteiger partial charge is 0.262 e. The van der Waals surface area contributed by atoms with Crippen LogP contribution in [-0.2, 0) is 11.3 Å². The van der Waals surface area contributed by atoms with E-state index in [1.807, 2.05) is 80.6 Å². The Hall–Kier alpha value is -2.87. The molecule has 3 rings (SSSR count). The maximum absolute atomic E-state index is 12.3. The molecule has 1 amide bonds. The highest BCUT2D eigenvalue weighted by Gasteiger charge is 2.15. The summed E-state index contributed by atoms with van der Waals surface area (Å²) in [6.45, 7) is 5.16. The van der Waals surface area contributed by atoms with Crippen molar-refractivity contribution >= 4 is 27.5 Å². The first-order chi connectivity index (χ1) is 16.0. The number of halogens is 1. The van der Waals surface area contributed by atoms with Crippen molar-refractivity contribution in [2.75, 3.05) is 25.1 Å². The van der Waals surface area contributed by atoms with E-state index in [1.54, 1.807) is 0 Å². The van der Waals surface area contributed by atoms with Crippen LogP contribution in [0, 0.1) is 6.92 Å². The van der Waals surface area contributed by atoms with Gasteiger partial charge in [-0.05, 0) is 65.2 Å². The summed E-state index contributed by atoms with van der Waals surface area (Å²) in [5.41, 5.74) is 3.67. The number of anilines is 1. The van der Waals surface area contributed by atoms with Crippen LogP contribution in [-0.4, -0.2) is 30.8 Å². The van der Waals surface area contributed by atoms with Gasteiger partial charge in [-0.1, -0.05) is 48.0 Å². The normalized spacial score (nSPS) is 11.6. The number of benzene rings is 3. The van der Waals surface area contributed by atoms with Crippen LogP contribution in [0.3, 0.4) is 0 Å². The summed E-state index contributed by atoms with van der Waals surface area (Å²) >= 11 is 3.54. The molecule has 0 saturated carbocycles. The van der Waals surface area contributed by atoms with E-state index < -0.39 is 6.10 Å². The number of hydrogen-bond acceptors (Lipinski definition) is 5. The number of aliphatic hydroxyl groups is 1. The minimum atomic E-state index is -0.587. The summed E-state index contributed by atoms with van der Waals surface area (Å²) in [5.74, 6) is 0.772. The molecule has 0 radical (unpaired) electrons. The van der Waals surface area contributed by atoms with Gasteiger partial charge in [-0.15, -0.1) is 0 Å². The van der Waals surface area contributed by atoms with Gasteiger partial charge in [0.2, 0.25) is 0 Å². The predicted octanol–water partition coefficient (Wildman–Crippen LogP) is 5.00. The molecule has 0 aliphatic rings. The van der Waals surface area contributed by atoms with Crippen LogP contribution in [0.4, 0.5) is 5.69 Å². The predicted molar refractivity (Wildman–Crippen MR) is 134 cm³/mol. The molecule has 0 bridgehead atoms. The van der Waals surface area contributed by atoms with Crippen molar-refractivity contribution in [3.63, 3.8) is 0 Å². The third-order valence-corrected chi connectivity index (χ3v) is 5.49. The first-order valence-corrected chi connectivity index (χ1v) is 11.6. The summed E-state index contributed by atoms with van der Waals surface area (Å²) in [5, 5.41) is 16.4. The molecule has 1 atom stereocenters. The number of carbonyl (C=O) groups is 1. The minimum absolute atomic E-state index is 0.145. The first-order valence-electron chi connectivity index (χ1n) is 10.8. The number of rotatable bonds is 11. The molecular formula is C26H29BrN2O4. The molecule has 0 saturated heterocycles. The minimum Gasteiger partial charge on any atom is -0.490 e. The largest absolute Gasteiger partial charge is 0.490 e. The lowest BCUT2D eigenvalue weighted by atomic mass is 10.1. The third kappa shape index (κ3) is 7.60. The van der Waals surface area contributed by atoms with Gasteiger partial charge < -0.3 is 25.2 Å². The van der Waals surface area contributed by atoms with Gasteiger partial charge in [0.25, 0.3) is 5.91 Å².